The van der Waals surface area contributed by atoms with Crippen LogP contribution in [-0.4, -0.2) is 20.5 Å². The van der Waals surface area contributed by atoms with Crippen molar-refractivity contribution in [1.82, 2.24) is 9.38 Å². The molecule has 0 aliphatic heterocycles. The Morgan fingerprint density at radius 1 is 1.47 bits per heavy atom. The van der Waals surface area contributed by atoms with Crippen LogP contribution in [0.3, 0.4) is 0 Å². The van der Waals surface area contributed by atoms with Crippen LogP contribution in [0.1, 0.15) is 36.1 Å². The van der Waals surface area contributed by atoms with Gasteiger partial charge in [0.1, 0.15) is 5.82 Å². The van der Waals surface area contributed by atoms with Crippen molar-refractivity contribution in [2.45, 2.75) is 19.8 Å². The van der Waals surface area contributed by atoms with Gasteiger partial charge in [-0.15, -0.1) is 0 Å². The minimum atomic E-state index is -0.981. The van der Waals surface area contributed by atoms with Crippen LogP contribution in [0.2, 0.25) is 0 Å². The molecule has 0 atom stereocenters. The molecule has 0 amide bonds. The lowest BCUT2D eigenvalue weighted by atomic mass is 10.2. The normalized spacial score (nSPS) is 11.1. The van der Waals surface area contributed by atoms with Crippen molar-refractivity contribution in [2.24, 2.45) is 0 Å². The van der Waals surface area contributed by atoms with Gasteiger partial charge < -0.3 is 9.51 Å². The van der Waals surface area contributed by atoms with E-state index in [4.69, 9.17) is 5.11 Å². The summed E-state index contributed by atoms with van der Waals surface area (Å²) in [5, 5.41) is 9.00. The Morgan fingerprint density at radius 3 is 2.80 bits per heavy atom. The van der Waals surface area contributed by atoms with Crippen molar-refractivity contribution in [1.29, 1.82) is 0 Å². The third kappa shape index (κ3) is 1.48. The fourth-order valence-electron chi connectivity index (χ4n) is 1.63. The Bertz CT molecular complexity index is 514. The predicted octanol–water partition coefficient (Wildman–Crippen LogP) is 2.16. The molecule has 0 aliphatic carbocycles. The highest BCUT2D eigenvalue weighted by atomic mass is 16.4. The van der Waals surface area contributed by atoms with Crippen LogP contribution in [0.4, 0.5) is 0 Å². The zero-order valence-electron chi connectivity index (χ0n) is 8.64. The molecular formula is C11H12N2O2. The molecule has 4 heteroatoms. The summed E-state index contributed by atoms with van der Waals surface area (Å²) in [6, 6.07) is 5.45. The van der Waals surface area contributed by atoms with E-state index < -0.39 is 5.97 Å². The Labute approximate surface area is 87.2 Å². The summed E-state index contributed by atoms with van der Waals surface area (Å²) in [5.74, 6) is 0.00148. The van der Waals surface area contributed by atoms with E-state index in [1.165, 1.54) is 0 Å². The average molecular weight is 204 g/mol. The molecule has 4 nitrogen and oxygen atoms in total. The molecule has 0 saturated heterocycles. The van der Waals surface area contributed by atoms with Crippen LogP contribution in [0.25, 0.3) is 5.52 Å². The van der Waals surface area contributed by atoms with Gasteiger partial charge in [-0.3, -0.25) is 0 Å². The molecule has 2 aromatic heterocycles. The maximum absolute atomic E-state index is 11.0. The van der Waals surface area contributed by atoms with Crippen LogP contribution in [-0.2, 0) is 0 Å². The van der Waals surface area contributed by atoms with Gasteiger partial charge in [-0.1, -0.05) is 19.9 Å². The largest absolute Gasteiger partial charge is 0.476 e. The van der Waals surface area contributed by atoms with E-state index in [0.717, 1.165) is 5.82 Å². The zero-order chi connectivity index (χ0) is 11.0. The van der Waals surface area contributed by atoms with Crippen molar-refractivity contribution in [3.63, 3.8) is 0 Å². The number of fused-ring (bicyclic) bond motifs is 1. The van der Waals surface area contributed by atoms with E-state index in [9.17, 15) is 4.79 Å². The Kier molecular flexibility index (Phi) is 2.19. The van der Waals surface area contributed by atoms with Crippen molar-refractivity contribution in [3.05, 3.63) is 35.9 Å². The van der Waals surface area contributed by atoms with E-state index in [2.05, 4.69) is 4.98 Å². The first-order chi connectivity index (χ1) is 7.11. The first-order valence-electron chi connectivity index (χ1n) is 4.81. The van der Waals surface area contributed by atoms with Gasteiger partial charge in [0, 0.05) is 12.1 Å². The molecule has 0 spiro atoms. The highest BCUT2D eigenvalue weighted by molar-refractivity contribution is 5.93. The van der Waals surface area contributed by atoms with Crippen molar-refractivity contribution < 1.29 is 9.90 Å². The topological polar surface area (TPSA) is 54.6 Å². The SMILES string of the molecule is CC(C)c1nc(C(=O)O)c2ccccn12. The molecule has 78 valence electrons. The summed E-state index contributed by atoms with van der Waals surface area (Å²) in [6.45, 7) is 3.99. The molecule has 15 heavy (non-hydrogen) atoms. The number of nitrogens with zero attached hydrogens (tertiary/aromatic N) is 2. The summed E-state index contributed by atoms with van der Waals surface area (Å²) in [5.41, 5.74) is 0.771. The van der Waals surface area contributed by atoms with Crippen LogP contribution in [0.5, 0.6) is 0 Å². The third-order valence-electron chi connectivity index (χ3n) is 2.29. The molecular weight excluding hydrogens is 192 g/mol. The average Bonchev–Trinajstić information content (AvgIpc) is 2.56. The lowest BCUT2D eigenvalue weighted by Gasteiger charge is -2.02. The van der Waals surface area contributed by atoms with E-state index in [0.29, 0.717) is 5.52 Å². The number of carboxylic acid groups (broad SMARTS) is 1. The number of imidazole rings is 1. The first kappa shape index (κ1) is 9.71. The lowest BCUT2D eigenvalue weighted by molar-refractivity contribution is 0.0693. The molecule has 2 aromatic rings. The summed E-state index contributed by atoms with van der Waals surface area (Å²) in [4.78, 5) is 15.1. The monoisotopic (exact) mass is 204 g/mol. The first-order valence-corrected chi connectivity index (χ1v) is 4.81. The molecule has 0 unspecified atom stereocenters. The minimum absolute atomic E-state index is 0.124. The second-order valence-corrected chi connectivity index (χ2v) is 3.73. The highest BCUT2D eigenvalue weighted by Crippen LogP contribution is 2.19. The molecule has 2 heterocycles. The van der Waals surface area contributed by atoms with Crippen LogP contribution in [0, 0.1) is 0 Å². The Morgan fingerprint density at radius 2 is 2.20 bits per heavy atom. The summed E-state index contributed by atoms with van der Waals surface area (Å²) >= 11 is 0. The number of aromatic nitrogens is 2. The van der Waals surface area contributed by atoms with E-state index >= 15 is 0 Å². The van der Waals surface area contributed by atoms with Gasteiger partial charge in [-0.25, -0.2) is 9.78 Å². The number of hydrogen-bond acceptors (Lipinski definition) is 2. The van der Waals surface area contributed by atoms with E-state index in [1.54, 1.807) is 6.07 Å². The van der Waals surface area contributed by atoms with E-state index in [1.807, 2.05) is 36.6 Å². The maximum atomic E-state index is 11.0. The molecule has 0 radical (unpaired) electrons. The smallest absolute Gasteiger partial charge is 0.356 e. The summed E-state index contributed by atoms with van der Waals surface area (Å²) < 4.78 is 1.83. The molecule has 2 rings (SSSR count). The standard InChI is InChI=1S/C11H12N2O2/c1-7(2)10-12-9(11(14)15)8-5-3-4-6-13(8)10/h3-7H,1-2H3,(H,14,15). The fraction of sp³-hybridized carbons (Fsp3) is 0.273. The van der Waals surface area contributed by atoms with Gasteiger partial charge in [0.05, 0.1) is 5.52 Å². The summed E-state index contributed by atoms with van der Waals surface area (Å²) in [6.07, 6.45) is 1.84. The van der Waals surface area contributed by atoms with Crippen LogP contribution >= 0.6 is 0 Å². The molecule has 0 aromatic carbocycles. The molecule has 0 bridgehead atoms. The molecule has 0 saturated carbocycles. The highest BCUT2D eigenvalue weighted by Gasteiger charge is 2.17. The second kappa shape index (κ2) is 3.38. The Hall–Kier alpha value is -1.84. The lowest BCUT2D eigenvalue weighted by Crippen LogP contribution is -1.97. The number of rotatable bonds is 2. The predicted molar refractivity (Wildman–Crippen MR) is 56.2 cm³/mol. The number of carbonyl (C=O) groups is 1. The van der Waals surface area contributed by atoms with Gasteiger partial charge in [-0.05, 0) is 12.1 Å². The Balaban J connectivity index is 2.79. The third-order valence-corrected chi connectivity index (χ3v) is 2.29. The number of aromatic carboxylic acids is 1. The maximum Gasteiger partial charge on any atom is 0.356 e. The number of pyridine rings is 1. The number of hydrogen-bond donors (Lipinski definition) is 1. The van der Waals surface area contributed by atoms with Crippen LogP contribution < -0.4 is 0 Å². The quantitative estimate of drug-likeness (QED) is 0.815. The van der Waals surface area contributed by atoms with Crippen molar-refractivity contribution in [3.8, 4) is 0 Å². The van der Waals surface area contributed by atoms with Gasteiger partial charge in [-0.2, -0.15) is 0 Å². The molecule has 0 fully saturated rings. The van der Waals surface area contributed by atoms with Gasteiger partial charge in [0.2, 0.25) is 0 Å². The fourth-order valence-corrected chi connectivity index (χ4v) is 1.63. The van der Waals surface area contributed by atoms with Crippen molar-refractivity contribution >= 4 is 11.5 Å². The van der Waals surface area contributed by atoms with Gasteiger partial charge in [0.25, 0.3) is 0 Å². The zero-order valence-corrected chi connectivity index (χ0v) is 8.64. The summed E-state index contributed by atoms with van der Waals surface area (Å²) in [7, 11) is 0. The second-order valence-electron chi connectivity index (χ2n) is 3.73. The minimum Gasteiger partial charge on any atom is -0.476 e. The van der Waals surface area contributed by atoms with Crippen LogP contribution in [0.15, 0.2) is 24.4 Å². The van der Waals surface area contributed by atoms with Crippen molar-refractivity contribution in [2.75, 3.05) is 0 Å². The van der Waals surface area contributed by atoms with E-state index in [-0.39, 0.29) is 11.6 Å². The molecule has 0 aliphatic rings. The number of carboxylic acids is 1. The van der Waals surface area contributed by atoms with Gasteiger partial charge in [0.15, 0.2) is 5.69 Å². The molecule has 1 N–H and O–H groups in total. The van der Waals surface area contributed by atoms with Gasteiger partial charge >= 0.3 is 5.97 Å².